The Kier molecular flexibility index (Phi) is 115. The average molecular weight is 870 g/mol. The molecule has 0 aliphatic rings. The molecule has 0 aromatic carbocycles. The number of aldehydes is 1. The van der Waals surface area contributed by atoms with Crippen LogP contribution in [0.4, 0.5) is 0 Å². The summed E-state index contributed by atoms with van der Waals surface area (Å²) in [4.78, 5) is 9.44. The molecular formula is C9H19I2O2W2Y-. The molecule has 0 bridgehead atoms. The summed E-state index contributed by atoms with van der Waals surface area (Å²) in [5, 5.41) is 8.04. The van der Waals surface area contributed by atoms with Crippen molar-refractivity contribution in [1.82, 2.24) is 0 Å². The zero-order valence-corrected chi connectivity index (χ0v) is 21.8. The molecule has 1 unspecified atom stereocenters. The first-order chi connectivity index (χ1) is 5.54. The fourth-order valence-electron chi connectivity index (χ4n) is 0. The summed E-state index contributed by atoms with van der Waals surface area (Å²) in [6.07, 6.45) is 0.806. The van der Waals surface area contributed by atoms with Gasteiger partial charge in [-0.2, -0.15) is 0 Å². The van der Waals surface area contributed by atoms with Crippen LogP contribution in [-0.4, -0.2) is 18.0 Å². The number of hydrogen-bond donors (Lipinski definition) is 1. The molecule has 0 heterocycles. The molecule has 0 rings (SSSR count). The van der Waals surface area contributed by atoms with Crippen molar-refractivity contribution in [2.75, 3.05) is 6.61 Å². The fourth-order valence-corrected chi connectivity index (χ4v) is 0. The van der Waals surface area contributed by atoms with E-state index in [0.29, 0.717) is 0 Å². The topological polar surface area (TPSA) is 37.3 Å². The van der Waals surface area contributed by atoms with Gasteiger partial charge in [0.15, 0.2) is 0 Å². The van der Waals surface area contributed by atoms with E-state index in [-0.39, 0.29) is 94.8 Å². The van der Waals surface area contributed by atoms with E-state index in [4.69, 9.17) is 5.11 Å². The zero-order chi connectivity index (χ0) is 10.6. The summed E-state index contributed by atoms with van der Waals surface area (Å²) in [6, 6.07) is 0. The Bertz CT molecular complexity index is 118. The zero-order valence-electron chi connectivity index (χ0n) is 8.78. The van der Waals surface area contributed by atoms with Crippen molar-refractivity contribution in [1.29, 1.82) is 0 Å². The predicted molar refractivity (Wildman–Crippen MR) is 77.3 cm³/mol. The van der Waals surface area contributed by atoms with Gasteiger partial charge in [0.25, 0.3) is 0 Å². The summed E-state index contributed by atoms with van der Waals surface area (Å²) in [6.45, 7) is 10.4. The Balaban J connectivity index is -0.0000000144. The number of aliphatic hydroxyl groups is 1. The number of rotatable bonds is 2. The van der Waals surface area contributed by atoms with Crippen LogP contribution in [0.5, 0.6) is 0 Å². The van der Waals surface area contributed by atoms with E-state index < -0.39 is 0 Å². The smallest absolute Gasteiger partial charge is 0.0925 e. The van der Waals surface area contributed by atoms with E-state index in [1.54, 1.807) is 13.8 Å². The van der Waals surface area contributed by atoms with E-state index in [0.717, 1.165) is 11.9 Å². The second kappa shape index (κ2) is 42.9. The number of carbonyl (C=O) groups is 1. The molecule has 0 aromatic rings. The van der Waals surface area contributed by atoms with Crippen molar-refractivity contribution >= 4 is 43.5 Å². The summed E-state index contributed by atoms with van der Waals surface area (Å²) in [5.41, 5.74) is 0.810. The van der Waals surface area contributed by atoms with Gasteiger partial charge in [0, 0.05) is 112 Å². The molecule has 0 aliphatic carbocycles. The molecule has 0 saturated carbocycles. The van der Waals surface area contributed by atoms with Gasteiger partial charge in [0.05, 0.1) is 12.9 Å². The third-order valence-corrected chi connectivity index (χ3v) is 0.502. The molecular weight excluding hydrogens is 850 g/mol. The molecule has 16 heavy (non-hydrogen) atoms. The molecule has 1 radical (unpaired) electrons. The molecule has 7 heteroatoms. The quantitative estimate of drug-likeness (QED) is 0.200. The van der Waals surface area contributed by atoms with Crippen molar-refractivity contribution in [3.05, 3.63) is 19.1 Å². The van der Waals surface area contributed by atoms with Crippen molar-refractivity contribution in [3.8, 4) is 0 Å². The third kappa shape index (κ3) is 86.2. The first kappa shape index (κ1) is 42.7. The maximum absolute atomic E-state index is 9.44. The van der Waals surface area contributed by atoms with Crippen LogP contribution in [0.2, 0.25) is 0 Å². The van der Waals surface area contributed by atoms with Crippen LogP contribution in [0.15, 0.2) is 12.2 Å². The van der Waals surface area contributed by atoms with Crippen LogP contribution < -0.4 is 0 Å². The van der Waals surface area contributed by atoms with Gasteiger partial charge < -0.3 is 16.8 Å². The molecule has 97 valence electrons. The minimum absolute atomic E-state index is 0. The summed E-state index contributed by atoms with van der Waals surface area (Å²) < 4.78 is 0. The van der Waals surface area contributed by atoms with Crippen LogP contribution in [0, 0.1) is 12.8 Å². The molecule has 1 atom stereocenters. The summed E-state index contributed by atoms with van der Waals surface area (Å²) >= 11 is 4.24. The Labute approximate surface area is 178 Å². The van der Waals surface area contributed by atoms with Gasteiger partial charge in [-0.1, -0.05) is 26.5 Å². The van der Waals surface area contributed by atoms with Crippen molar-refractivity contribution < 1.29 is 84.7 Å². The van der Waals surface area contributed by atoms with Gasteiger partial charge in [0.1, 0.15) is 0 Å². The van der Waals surface area contributed by atoms with Crippen molar-refractivity contribution in [2.24, 2.45) is 5.92 Å². The van der Waals surface area contributed by atoms with E-state index >= 15 is 0 Å². The predicted octanol–water partition coefficient (Wildman–Crippen LogP) is 3.61. The van der Waals surface area contributed by atoms with Crippen LogP contribution in [-0.2, 0) is 79.6 Å². The van der Waals surface area contributed by atoms with Gasteiger partial charge in [-0.3, -0.25) is 0 Å². The van der Waals surface area contributed by atoms with Crippen LogP contribution in [0.1, 0.15) is 21.3 Å². The maximum atomic E-state index is 9.44. The second-order valence-electron chi connectivity index (χ2n) is 2.23. The average Bonchev–Trinajstić information content (AvgIpc) is 2.09. The Morgan fingerprint density at radius 2 is 1.62 bits per heavy atom. The molecule has 0 spiro atoms. The molecule has 0 saturated heterocycles. The van der Waals surface area contributed by atoms with Crippen LogP contribution in [0.25, 0.3) is 0 Å². The fraction of sp³-hybridized carbons (Fsp3) is 0.556. The Hall–Kier alpha value is 3.31. The number of halogens is 2. The molecule has 0 fully saturated rings. The van der Waals surface area contributed by atoms with Crippen molar-refractivity contribution in [3.63, 3.8) is 0 Å². The SMILES string of the molecule is C.C=C(C)CO.II.[CH2-]C(C)C=O.[W].[W].[Y]. The standard InChI is InChI=1S/C4H8O.C4H7O.CH4.I2.2W.Y/c2*1-4(2)3-5;;1-2;;;/h5H,1,3H2,2H3;3-4H,1H2,2H3;1H4;;;;/q;-1;;;;;. The Morgan fingerprint density at radius 1 is 1.50 bits per heavy atom. The van der Waals surface area contributed by atoms with Gasteiger partial charge in [0.2, 0.25) is 0 Å². The number of carbonyl (C=O) groups excluding carboxylic acids is 1. The van der Waals surface area contributed by atoms with Crippen LogP contribution >= 0.6 is 37.2 Å². The normalized spacial score (nSPS) is 7.12. The first-order valence-electron chi connectivity index (χ1n) is 3.22. The molecule has 0 aliphatic heterocycles. The van der Waals surface area contributed by atoms with E-state index in [2.05, 4.69) is 50.7 Å². The summed E-state index contributed by atoms with van der Waals surface area (Å²) in [7, 11) is 0. The van der Waals surface area contributed by atoms with Gasteiger partial charge in [-0.25, -0.2) is 0 Å². The maximum Gasteiger partial charge on any atom is 0.0925 e. The number of aliphatic hydroxyl groups excluding tert-OH is 1. The van der Waals surface area contributed by atoms with Crippen molar-refractivity contribution in [2.45, 2.75) is 21.3 Å². The largest absolute Gasteiger partial charge is 0.392 e. The monoisotopic (exact) mass is 870 g/mol. The Morgan fingerprint density at radius 3 is 1.62 bits per heavy atom. The summed E-state index contributed by atoms with van der Waals surface area (Å²) in [5.74, 6) is -0.0463. The van der Waals surface area contributed by atoms with Crippen LogP contribution in [0.3, 0.4) is 0 Å². The second-order valence-corrected chi connectivity index (χ2v) is 2.23. The number of hydrogen-bond acceptors (Lipinski definition) is 2. The molecule has 2 nitrogen and oxygen atoms in total. The van der Waals surface area contributed by atoms with Gasteiger partial charge >= 0.3 is 0 Å². The van der Waals surface area contributed by atoms with E-state index in [9.17, 15) is 4.79 Å². The molecule has 0 aromatic heterocycles. The molecule has 0 amide bonds. The third-order valence-electron chi connectivity index (χ3n) is 0.502. The molecule has 1 N–H and O–H groups in total. The first-order valence-corrected chi connectivity index (χ1v) is 9.51. The van der Waals surface area contributed by atoms with Gasteiger partial charge in [-0.05, 0) is 6.92 Å². The van der Waals surface area contributed by atoms with E-state index in [1.807, 2.05) is 0 Å². The van der Waals surface area contributed by atoms with Gasteiger partial charge in [-0.15, -0.1) is 5.92 Å². The minimum atomic E-state index is -0.0463. The minimum Gasteiger partial charge on any atom is -0.392 e. The van der Waals surface area contributed by atoms with E-state index in [1.165, 1.54) is 0 Å².